The van der Waals surface area contributed by atoms with Gasteiger partial charge in [-0.1, -0.05) is 19.0 Å². The van der Waals surface area contributed by atoms with E-state index in [0.29, 0.717) is 38.6 Å². The van der Waals surface area contributed by atoms with E-state index in [1.165, 1.54) is 0 Å². The molecule has 3 heterocycles. The quantitative estimate of drug-likeness (QED) is 0.632. The third kappa shape index (κ3) is 6.33. The molecule has 1 aliphatic heterocycles. The topological polar surface area (TPSA) is 102 Å². The van der Waals surface area contributed by atoms with Crippen LogP contribution in [0, 0.1) is 19.8 Å². The molecule has 1 fully saturated rings. The van der Waals surface area contributed by atoms with E-state index in [4.69, 9.17) is 9.26 Å². The number of aryl methyl sites for hydroxylation is 3. The first-order valence-corrected chi connectivity index (χ1v) is 10.7. The van der Waals surface area contributed by atoms with Crippen LogP contribution in [-0.4, -0.2) is 69.0 Å². The normalized spacial score (nSPS) is 17.3. The highest BCUT2D eigenvalue weighted by molar-refractivity contribution is 5.85. The predicted molar refractivity (Wildman–Crippen MR) is 113 cm³/mol. The molecule has 9 nitrogen and oxygen atoms in total. The number of nitrogens with zero attached hydrogens (tertiary/aromatic N) is 5. The van der Waals surface area contributed by atoms with E-state index in [0.717, 1.165) is 22.7 Å². The molecule has 2 aromatic heterocycles. The maximum atomic E-state index is 12.9. The van der Waals surface area contributed by atoms with Crippen LogP contribution in [0.2, 0.25) is 0 Å². The molecule has 0 saturated carbocycles. The number of carbonyl (C=O) groups excluding carboxylic acids is 2. The Hall–Kier alpha value is -2.81. The van der Waals surface area contributed by atoms with Gasteiger partial charge in [0, 0.05) is 50.2 Å². The van der Waals surface area contributed by atoms with E-state index in [1.54, 1.807) is 28.4 Å². The van der Waals surface area contributed by atoms with Crippen molar-refractivity contribution in [1.82, 2.24) is 24.9 Å². The van der Waals surface area contributed by atoms with E-state index < -0.39 is 0 Å². The fraction of sp³-hybridized carbons (Fsp3) is 0.591. The minimum atomic E-state index is -0.292. The lowest BCUT2D eigenvalue weighted by molar-refractivity contribution is -0.139. The number of amides is 2. The highest BCUT2D eigenvalue weighted by Crippen LogP contribution is 2.17. The van der Waals surface area contributed by atoms with Crippen LogP contribution in [0.4, 0.5) is 0 Å². The van der Waals surface area contributed by atoms with Crippen LogP contribution in [0.25, 0.3) is 0 Å². The largest absolute Gasteiger partial charge is 0.370 e. The lowest BCUT2D eigenvalue weighted by atomic mass is 10.2. The fourth-order valence-electron chi connectivity index (χ4n) is 3.65. The second-order valence-electron chi connectivity index (χ2n) is 8.40. The molecule has 0 aliphatic carbocycles. The summed E-state index contributed by atoms with van der Waals surface area (Å²) in [6, 6.07) is 0. The Morgan fingerprint density at radius 2 is 2.10 bits per heavy atom. The second-order valence-corrected chi connectivity index (χ2v) is 8.40. The zero-order chi connectivity index (χ0) is 22.4. The smallest absolute Gasteiger partial charge is 0.242 e. The SMILES string of the molecule is Cc1noc(C)c1COC1CN(C(=O)CCc2cnccn2)CC(=O)N(CC(C)C)C1. The van der Waals surface area contributed by atoms with Crippen molar-refractivity contribution in [1.29, 1.82) is 0 Å². The molecule has 0 spiro atoms. The third-order valence-electron chi connectivity index (χ3n) is 5.32. The molecule has 3 rings (SSSR count). The Morgan fingerprint density at radius 3 is 2.74 bits per heavy atom. The van der Waals surface area contributed by atoms with Gasteiger partial charge in [-0.25, -0.2) is 0 Å². The van der Waals surface area contributed by atoms with Crippen LogP contribution in [0.1, 0.15) is 43.0 Å². The number of aromatic nitrogens is 3. The average molecular weight is 430 g/mol. The van der Waals surface area contributed by atoms with Gasteiger partial charge in [-0.2, -0.15) is 0 Å². The minimum absolute atomic E-state index is 0.0509. The lowest BCUT2D eigenvalue weighted by Crippen LogP contribution is -2.40. The van der Waals surface area contributed by atoms with Gasteiger partial charge in [0.1, 0.15) is 5.76 Å². The van der Waals surface area contributed by atoms with Crippen molar-refractivity contribution in [3.05, 3.63) is 41.3 Å². The van der Waals surface area contributed by atoms with Gasteiger partial charge < -0.3 is 19.1 Å². The average Bonchev–Trinajstić information content (AvgIpc) is 2.97. The van der Waals surface area contributed by atoms with Crippen LogP contribution >= 0.6 is 0 Å². The highest BCUT2D eigenvalue weighted by atomic mass is 16.5. The monoisotopic (exact) mass is 429 g/mol. The molecule has 1 unspecified atom stereocenters. The first-order chi connectivity index (χ1) is 14.8. The van der Waals surface area contributed by atoms with Crippen LogP contribution in [-0.2, 0) is 27.4 Å². The van der Waals surface area contributed by atoms with Gasteiger partial charge in [0.05, 0.1) is 30.6 Å². The van der Waals surface area contributed by atoms with Crippen molar-refractivity contribution in [2.45, 2.75) is 53.2 Å². The van der Waals surface area contributed by atoms with E-state index in [-0.39, 0.29) is 30.9 Å². The van der Waals surface area contributed by atoms with Crippen molar-refractivity contribution >= 4 is 11.8 Å². The zero-order valence-corrected chi connectivity index (χ0v) is 18.7. The van der Waals surface area contributed by atoms with Crippen LogP contribution < -0.4 is 0 Å². The summed E-state index contributed by atoms with van der Waals surface area (Å²) in [7, 11) is 0. The predicted octanol–water partition coefficient (Wildman–Crippen LogP) is 1.93. The molecule has 9 heteroatoms. The minimum Gasteiger partial charge on any atom is -0.370 e. The van der Waals surface area contributed by atoms with Crippen molar-refractivity contribution in [3.63, 3.8) is 0 Å². The van der Waals surface area contributed by atoms with Crippen molar-refractivity contribution < 1.29 is 18.8 Å². The maximum absolute atomic E-state index is 12.9. The van der Waals surface area contributed by atoms with Gasteiger partial charge in [-0.15, -0.1) is 0 Å². The molecule has 1 aliphatic rings. The molecular formula is C22H31N5O4. The van der Waals surface area contributed by atoms with Crippen LogP contribution in [0.3, 0.4) is 0 Å². The number of hydrogen-bond donors (Lipinski definition) is 0. The van der Waals surface area contributed by atoms with Gasteiger partial charge in [0.15, 0.2) is 0 Å². The maximum Gasteiger partial charge on any atom is 0.242 e. The first kappa shape index (κ1) is 22.9. The molecule has 31 heavy (non-hydrogen) atoms. The molecular weight excluding hydrogens is 398 g/mol. The molecule has 2 amide bonds. The van der Waals surface area contributed by atoms with E-state index in [9.17, 15) is 9.59 Å². The van der Waals surface area contributed by atoms with E-state index in [2.05, 4.69) is 29.0 Å². The van der Waals surface area contributed by atoms with Crippen molar-refractivity contribution in [3.8, 4) is 0 Å². The number of hydrogen-bond acceptors (Lipinski definition) is 7. The molecule has 0 aromatic carbocycles. The molecule has 0 N–H and O–H groups in total. The van der Waals surface area contributed by atoms with Gasteiger partial charge in [0.25, 0.3) is 0 Å². The summed E-state index contributed by atoms with van der Waals surface area (Å²) in [5.41, 5.74) is 2.45. The number of rotatable bonds is 8. The summed E-state index contributed by atoms with van der Waals surface area (Å²) in [6.45, 7) is 9.71. The summed E-state index contributed by atoms with van der Waals surface area (Å²) in [6.07, 6.45) is 5.32. The summed E-state index contributed by atoms with van der Waals surface area (Å²) in [5, 5.41) is 3.97. The highest BCUT2D eigenvalue weighted by Gasteiger charge is 2.31. The van der Waals surface area contributed by atoms with Gasteiger partial charge >= 0.3 is 0 Å². The molecule has 1 atom stereocenters. The molecule has 0 bridgehead atoms. The fourth-order valence-corrected chi connectivity index (χ4v) is 3.65. The second kappa shape index (κ2) is 10.5. The zero-order valence-electron chi connectivity index (χ0n) is 18.7. The molecule has 168 valence electrons. The van der Waals surface area contributed by atoms with E-state index >= 15 is 0 Å². The summed E-state index contributed by atoms with van der Waals surface area (Å²) >= 11 is 0. The first-order valence-electron chi connectivity index (χ1n) is 10.7. The summed E-state index contributed by atoms with van der Waals surface area (Å²) in [5.74, 6) is 0.908. The van der Waals surface area contributed by atoms with E-state index in [1.807, 2.05) is 13.8 Å². The Balaban J connectivity index is 1.68. The standard InChI is InChI=1S/C22H31N5O4/c1-15(2)10-26-11-19(30-14-20-16(3)25-31-17(20)4)12-27(13-22(26)29)21(28)6-5-18-9-23-7-8-24-18/h7-9,15,19H,5-6,10-14H2,1-4H3. The lowest BCUT2D eigenvalue weighted by Gasteiger charge is -2.26. The van der Waals surface area contributed by atoms with Crippen molar-refractivity contribution in [2.75, 3.05) is 26.2 Å². The Morgan fingerprint density at radius 1 is 1.29 bits per heavy atom. The number of carbonyl (C=O) groups is 2. The van der Waals surface area contributed by atoms with Gasteiger partial charge in [-0.3, -0.25) is 19.6 Å². The third-order valence-corrected chi connectivity index (χ3v) is 5.32. The Labute approximate surface area is 182 Å². The van der Waals surface area contributed by atoms with Gasteiger partial charge in [0.2, 0.25) is 11.8 Å². The van der Waals surface area contributed by atoms with Crippen molar-refractivity contribution in [2.24, 2.45) is 5.92 Å². The molecule has 0 radical (unpaired) electrons. The Kier molecular flexibility index (Phi) is 7.73. The summed E-state index contributed by atoms with van der Waals surface area (Å²) in [4.78, 5) is 37.4. The van der Waals surface area contributed by atoms with Gasteiger partial charge in [-0.05, 0) is 26.2 Å². The summed E-state index contributed by atoms with van der Waals surface area (Å²) < 4.78 is 11.4. The molecule has 1 saturated heterocycles. The molecule has 2 aromatic rings. The van der Waals surface area contributed by atoms with Crippen LogP contribution in [0.5, 0.6) is 0 Å². The van der Waals surface area contributed by atoms with Crippen LogP contribution in [0.15, 0.2) is 23.1 Å². The Bertz CT molecular complexity index is 864. The number of ether oxygens (including phenoxy) is 1.